The highest BCUT2D eigenvalue weighted by Gasteiger charge is 2.08. The molecule has 0 heterocycles. The van der Waals surface area contributed by atoms with E-state index in [4.69, 9.17) is 16.9 Å². The fourth-order valence-electron chi connectivity index (χ4n) is 2.29. The summed E-state index contributed by atoms with van der Waals surface area (Å²) in [5, 5.41) is 14.7. The summed E-state index contributed by atoms with van der Waals surface area (Å²) in [5.74, 6) is -0.458. The Kier molecular flexibility index (Phi) is 7.00. The molecule has 0 bridgehead atoms. The van der Waals surface area contributed by atoms with Gasteiger partial charge in [0.05, 0.1) is 6.07 Å². The van der Waals surface area contributed by atoms with Crippen molar-refractivity contribution in [2.24, 2.45) is 0 Å². The minimum Gasteiger partial charge on any atom is -0.351 e. The zero-order valence-corrected chi connectivity index (χ0v) is 14.3. The van der Waals surface area contributed by atoms with Gasteiger partial charge in [-0.1, -0.05) is 41.9 Å². The molecule has 6 heteroatoms. The summed E-state index contributed by atoms with van der Waals surface area (Å²) in [6.07, 6.45) is 0.733. The second kappa shape index (κ2) is 9.45. The third-order valence-corrected chi connectivity index (χ3v) is 3.77. The van der Waals surface area contributed by atoms with Gasteiger partial charge in [-0.3, -0.25) is 9.59 Å². The molecule has 2 N–H and O–H groups in total. The summed E-state index contributed by atoms with van der Waals surface area (Å²) < 4.78 is 0. The Balaban J connectivity index is 1.92. The van der Waals surface area contributed by atoms with Crippen LogP contribution in [-0.2, 0) is 22.6 Å². The summed E-state index contributed by atoms with van der Waals surface area (Å²) in [7, 11) is 0. The predicted octanol–water partition coefficient (Wildman–Crippen LogP) is 3.44. The third-order valence-electron chi connectivity index (χ3n) is 3.54. The maximum atomic E-state index is 12.2. The van der Waals surface area contributed by atoms with Gasteiger partial charge in [0.15, 0.2) is 0 Å². The molecule has 2 aromatic rings. The molecule has 128 valence electrons. The number of benzene rings is 2. The van der Waals surface area contributed by atoms with Crippen molar-refractivity contribution < 1.29 is 9.59 Å². The van der Waals surface area contributed by atoms with Crippen LogP contribution in [0.1, 0.15) is 24.0 Å². The van der Waals surface area contributed by atoms with E-state index in [1.54, 1.807) is 18.2 Å². The first-order valence-corrected chi connectivity index (χ1v) is 8.22. The average Bonchev–Trinajstić information content (AvgIpc) is 2.60. The van der Waals surface area contributed by atoms with E-state index in [0.717, 1.165) is 11.1 Å². The third kappa shape index (κ3) is 6.28. The lowest BCUT2D eigenvalue weighted by molar-refractivity contribution is -0.120. The molecule has 0 radical (unpaired) electrons. The Morgan fingerprint density at radius 2 is 1.88 bits per heavy atom. The number of rotatable bonds is 7. The lowest BCUT2D eigenvalue weighted by atomic mass is 10.1. The molecule has 0 saturated carbocycles. The van der Waals surface area contributed by atoms with Crippen LogP contribution in [0.25, 0.3) is 0 Å². The smallest absolute Gasteiger partial charge is 0.234 e. The van der Waals surface area contributed by atoms with Gasteiger partial charge in [0.2, 0.25) is 11.8 Å². The molecule has 2 amide bonds. The highest BCUT2D eigenvalue weighted by atomic mass is 35.5. The van der Waals surface area contributed by atoms with Gasteiger partial charge in [0, 0.05) is 23.7 Å². The number of nitrogens with one attached hydrogen (secondary N) is 2. The van der Waals surface area contributed by atoms with Crippen LogP contribution in [0.4, 0.5) is 5.69 Å². The number of hydrogen-bond acceptors (Lipinski definition) is 3. The predicted molar refractivity (Wildman–Crippen MR) is 96.9 cm³/mol. The van der Waals surface area contributed by atoms with Gasteiger partial charge in [-0.2, -0.15) is 5.26 Å². The van der Waals surface area contributed by atoms with Gasteiger partial charge >= 0.3 is 0 Å². The Hall–Kier alpha value is -2.84. The number of aryl methyl sites for hydroxylation is 1. The van der Waals surface area contributed by atoms with E-state index in [9.17, 15) is 9.59 Å². The van der Waals surface area contributed by atoms with E-state index in [-0.39, 0.29) is 24.8 Å². The first-order valence-electron chi connectivity index (χ1n) is 7.84. The number of amides is 2. The monoisotopic (exact) mass is 355 g/mol. The molecule has 0 aliphatic heterocycles. The Labute approximate surface area is 151 Å². The zero-order chi connectivity index (χ0) is 18.1. The van der Waals surface area contributed by atoms with E-state index in [2.05, 4.69) is 10.6 Å². The molecule has 0 saturated heterocycles. The Morgan fingerprint density at radius 3 is 2.64 bits per heavy atom. The molecular formula is C19H18ClN3O2. The van der Waals surface area contributed by atoms with Crippen LogP contribution in [0, 0.1) is 11.3 Å². The Morgan fingerprint density at radius 1 is 1.08 bits per heavy atom. The van der Waals surface area contributed by atoms with Crippen LogP contribution >= 0.6 is 11.6 Å². The van der Waals surface area contributed by atoms with E-state index in [0.29, 0.717) is 23.6 Å². The highest BCUT2D eigenvalue weighted by molar-refractivity contribution is 6.30. The van der Waals surface area contributed by atoms with Crippen LogP contribution in [-0.4, -0.2) is 11.8 Å². The van der Waals surface area contributed by atoms with Crippen molar-refractivity contribution in [2.75, 3.05) is 5.32 Å². The van der Waals surface area contributed by atoms with Gasteiger partial charge in [0.25, 0.3) is 0 Å². The molecule has 0 atom stereocenters. The molecule has 0 aliphatic carbocycles. The number of carbonyl (C=O) groups excluding carboxylic acids is 2. The standard InChI is InChI=1S/C19H18ClN3O2/c20-16-6-3-4-14(12-16)8-9-19(25)23-17-7-2-1-5-15(17)13-22-18(24)10-11-21/h1-7,12H,8-10,13H2,(H,22,24)(H,23,25). The quantitative estimate of drug-likeness (QED) is 0.798. The topological polar surface area (TPSA) is 82.0 Å². The number of hydrogen-bond donors (Lipinski definition) is 2. The van der Waals surface area contributed by atoms with E-state index in [1.165, 1.54) is 0 Å². The summed E-state index contributed by atoms with van der Waals surface area (Å²) in [6.45, 7) is 0.255. The minimum absolute atomic E-state index is 0.115. The van der Waals surface area contributed by atoms with Gasteiger partial charge < -0.3 is 10.6 Å². The minimum atomic E-state index is -0.343. The molecule has 0 spiro atoms. The van der Waals surface area contributed by atoms with E-state index < -0.39 is 0 Å². The van der Waals surface area contributed by atoms with Crippen LogP contribution < -0.4 is 10.6 Å². The number of carbonyl (C=O) groups is 2. The summed E-state index contributed by atoms with van der Waals surface area (Å²) in [5.41, 5.74) is 2.43. The molecule has 0 fully saturated rings. The number of halogens is 1. The second-order valence-corrected chi connectivity index (χ2v) is 5.88. The first-order chi connectivity index (χ1) is 12.1. The van der Waals surface area contributed by atoms with Crippen LogP contribution in [0.15, 0.2) is 48.5 Å². The normalized spacial score (nSPS) is 9.92. The number of anilines is 1. The second-order valence-electron chi connectivity index (χ2n) is 5.45. The molecule has 0 unspecified atom stereocenters. The highest BCUT2D eigenvalue weighted by Crippen LogP contribution is 2.16. The van der Waals surface area contributed by atoms with Gasteiger partial charge in [-0.25, -0.2) is 0 Å². The summed E-state index contributed by atoms with van der Waals surface area (Å²) >= 11 is 5.94. The average molecular weight is 356 g/mol. The van der Waals surface area contributed by atoms with Crippen LogP contribution in [0.2, 0.25) is 5.02 Å². The van der Waals surface area contributed by atoms with Crippen LogP contribution in [0.5, 0.6) is 0 Å². The number of nitrogens with zero attached hydrogens (tertiary/aromatic N) is 1. The van der Waals surface area contributed by atoms with Gasteiger partial charge in [-0.15, -0.1) is 0 Å². The maximum Gasteiger partial charge on any atom is 0.234 e. The van der Waals surface area contributed by atoms with E-state index >= 15 is 0 Å². The summed E-state index contributed by atoms with van der Waals surface area (Å²) in [4.78, 5) is 23.6. The molecule has 0 aliphatic rings. The molecule has 2 aromatic carbocycles. The SMILES string of the molecule is N#CCC(=O)NCc1ccccc1NC(=O)CCc1cccc(Cl)c1. The van der Waals surface area contributed by atoms with Crippen molar-refractivity contribution in [3.05, 3.63) is 64.7 Å². The lowest BCUT2D eigenvalue weighted by Gasteiger charge is -2.11. The molecule has 2 rings (SSSR count). The number of nitriles is 1. The van der Waals surface area contributed by atoms with Crippen molar-refractivity contribution >= 4 is 29.1 Å². The van der Waals surface area contributed by atoms with Crippen molar-refractivity contribution in [2.45, 2.75) is 25.8 Å². The fraction of sp³-hybridized carbons (Fsp3) is 0.211. The molecule has 5 nitrogen and oxygen atoms in total. The zero-order valence-electron chi connectivity index (χ0n) is 13.6. The largest absolute Gasteiger partial charge is 0.351 e. The molecular weight excluding hydrogens is 338 g/mol. The summed E-state index contributed by atoms with van der Waals surface area (Å²) in [6, 6.07) is 16.5. The van der Waals surface area contributed by atoms with Crippen molar-refractivity contribution in [1.82, 2.24) is 5.32 Å². The van der Waals surface area contributed by atoms with Crippen molar-refractivity contribution in [3.8, 4) is 6.07 Å². The maximum absolute atomic E-state index is 12.2. The number of para-hydroxylation sites is 1. The van der Waals surface area contributed by atoms with Crippen molar-refractivity contribution in [1.29, 1.82) is 5.26 Å². The van der Waals surface area contributed by atoms with Gasteiger partial charge in [0.1, 0.15) is 6.42 Å². The molecule has 0 aromatic heterocycles. The molecule has 25 heavy (non-hydrogen) atoms. The van der Waals surface area contributed by atoms with Gasteiger partial charge in [-0.05, 0) is 35.7 Å². The van der Waals surface area contributed by atoms with Crippen LogP contribution in [0.3, 0.4) is 0 Å². The lowest BCUT2D eigenvalue weighted by Crippen LogP contribution is -2.23. The van der Waals surface area contributed by atoms with Crippen molar-refractivity contribution in [3.63, 3.8) is 0 Å². The Bertz CT molecular complexity index is 799. The first kappa shape index (κ1) is 18.5. The van der Waals surface area contributed by atoms with E-state index in [1.807, 2.05) is 36.4 Å². The fourth-order valence-corrected chi connectivity index (χ4v) is 2.50.